The molecule has 2 aromatic heterocycles. The van der Waals surface area contributed by atoms with E-state index >= 15 is 0 Å². The second-order valence-electron chi connectivity index (χ2n) is 19.6. The van der Waals surface area contributed by atoms with Crippen molar-refractivity contribution in [3.05, 3.63) is 197 Å². The molecule has 0 spiro atoms. The van der Waals surface area contributed by atoms with Gasteiger partial charge in [0.15, 0.2) is 0 Å². The third-order valence-corrected chi connectivity index (χ3v) is 14.0. The van der Waals surface area contributed by atoms with Crippen molar-refractivity contribution >= 4 is 86.2 Å². The molecule has 9 aromatic carbocycles. The maximum Gasteiger partial charge on any atom is 0.266 e. The summed E-state index contributed by atoms with van der Waals surface area (Å²) in [6.07, 6.45) is 0. The van der Waals surface area contributed by atoms with E-state index in [0.29, 0.717) is 21.5 Å². The Kier molecular flexibility index (Phi) is 9.42. The van der Waals surface area contributed by atoms with Gasteiger partial charge in [-0.1, -0.05) is 116 Å². The van der Waals surface area contributed by atoms with Crippen LogP contribution in [0.3, 0.4) is 0 Å². The zero-order valence-electron chi connectivity index (χ0n) is 38.5. The van der Waals surface area contributed by atoms with Gasteiger partial charge in [-0.3, -0.25) is 19.2 Å². The predicted molar refractivity (Wildman–Crippen MR) is 278 cm³/mol. The molecule has 0 N–H and O–H groups in total. The number of hydrogen-bond acceptors (Lipinski definition) is 4. The van der Waals surface area contributed by atoms with Crippen molar-refractivity contribution in [1.82, 2.24) is 9.13 Å². The lowest BCUT2D eigenvalue weighted by atomic mass is 9.92. The third kappa shape index (κ3) is 6.29. The molecule has 0 amide bonds. The maximum absolute atomic E-state index is 14.2. The number of aromatic nitrogens is 2. The summed E-state index contributed by atoms with van der Waals surface area (Å²) in [5, 5.41) is 13.8. The smallest absolute Gasteiger partial charge is 0.266 e. The third-order valence-electron chi connectivity index (χ3n) is 14.0. The van der Waals surface area contributed by atoms with Gasteiger partial charge in [-0.05, 0) is 183 Å². The fraction of sp³-hybridized carbons (Fsp3) is 0.200. The van der Waals surface area contributed by atoms with Gasteiger partial charge in [0.25, 0.3) is 22.2 Å². The molecule has 2 heterocycles. The molecule has 0 fully saturated rings. The Balaban J connectivity index is 1.04. The molecule has 0 atom stereocenters. The normalized spacial score (nSPS) is 12.4. The average molecular weight is 863 g/mol. The van der Waals surface area contributed by atoms with Crippen molar-refractivity contribution in [3.63, 3.8) is 0 Å². The maximum atomic E-state index is 14.2. The van der Waals surface area contributed by atoms with Crippen LogP contribution in [0.4, 0.5) is 0 Å². The van der Waals surface area contributed by atoms with Gasteiger partial charge < -0.3 is 0 Å². The summed E-state index contributed by atoms with van der Waals surface area (Å²) in [6, 6.07) is 45.6. The highest BCUT2D eigenvalue weighted by atomic mass is 16.2. The Morgan fingerprint density at radius 3 is 0.682 bits per heavy atom. The van der Waals surface area contributed by atoms with Crippen molar-refractivity contribution in [2.24, 2.45) is 0 Å². The molecule has 0 saturated carbocycles. The van der Waals surface area contributed by atoms with E-state index in [1.807, 2.05) is 60.7 Å². The Bertz CT molecular complexity index is 3630. The summed E-state index contributed by atoms with van der Waals surface area (Å²) >= 11 is 0. The van der Waals surface area contributed by atoms with Gasteiger partial charge in [0, 0.05) is 0 Å². The first-order chi connectivity index (χ1) is 31.7. The number of benzene rings is 8. The largest absolute Gasteiger partial charge is 0.268 e. The van der Waals surface area contributed by atoms with Crippen LogP contribution in [0.15, 0.2) is 153 Å². The van der Waals surface area contributed by atoms with Crippen molar-refractivity contribution in [2.45, 2.75) is 79.1 Å². The first kappa shape index (κ1) is 41.3. The van der Waals surface area contributed by atoms with E-state index in [1.54, 1.807) is 0 Å². The molecule has 66 heavy (non-hydrogen) atoms. The van der Waals surface area contributed by atoms with Crippen LogP contribution in [-0.2, 0) is 0 Å². The van der Waals surface area contributed by atoms with E-state index in [0.717, 1.165) is 98.3 Å². The van der Waals surface area contributed by atoms with Crippen LogP contribution in [0.2, 0.25) is 0 Å². The first-order valence-electron chi connectivity index (χ1n) is 23.2. The van der Waals surface area contributed by atoms with Crippen molar-refractivity contribution < 1.29 is 0 Å². The van der Waals surface area contributed by atoms with E-state index in [1.165, 1.54) is 9.13 Å². The zero-order chi connectivity index (χ0) is 46.0. The van der Waals surface area contributed by atoms with Crippen LogP contribution in [0, 0.1) is 0 Å². The molecule has 0 unspecified atom stereocenters. The molecule has 0 bridgehead atoms. The standard InChI is InChI=1S/C60H50N2O4/c1-31(2)47-11-9-12-48(32(3)4)55(47)61-57(63)51-27-43-23-39-19-35-15-17-37-21-41-25-45-29-53-54(60(66)62(59(53)65)56-49(33(5)6)13-10-14-50(56)34(7)8)30-46(45)26-42(41)22-38(37)18-16-36(35)20-40(39)24-44(43)28-52(51)58(61)64/h9-34H,1-8H3. The molecular formula is C60H50N2O4. The number of para-hydroxylation sites is 2. The molecule has 0 saturated heterocycles. The lowest BCUT2D eigenvalue weighted by molar-refractivity contribution is 0.795. The molecule has 11 rings (SSSR count). The molecular weight excluding hydrogens is 813 g/mol. The summed E-state index contributed by atoms with van der Waals surface area (Å²) in [5.74, 6) is 0.532. The molecule has 6 nitrogen and oxygen atoms in total. The molecule has 324 valence electrons. The number of nitrogens with zero attached hydrogens (tertiary/aromatic N) is 2. The van der Waals surface area contributed by atoms with Crippen LogP contribution in [0.25, 0.3) is 97.6 Å². The van der Waals surface area contributed by atoms with Crippen molar-refractivity contribution in [1.29, 1.82) is 0 Å². The molecule has 0 radical (unpaired) electrons. The van der Waals surface area contributed by atoms with Gasteiger partial charge in [0.05, 0.1) is 32.9 Å². The minimum Gasteiger partial charge on any atom is -0.268 e. The summed E-state index contributed by atoms with van der Waals surface area (Å²) in [6.45, 7) is 16.8. The van der Waals surface area contributed by atoms with E-state index in [9.17, 15) is 19.2 Å². The van der Waals surface area contributed by atoms with Crippen LogP contribution < -0.4 is 22.2 Å². The highest BCUT2D eigenvalue weighted by Gasteiger charge is 2.24. The Morgan fingerprint density at radius 2 is 0.470 bits per heavy atom. The number of fused-ring (bicyclic) bond motifs is 8. The van der Waals surface area contributed by atoms with E-state index in [-0.39, 0.29) is 45.9 Å². The summed E-state index contributed by atoms with van der Waals surface area (Å²) in [5.41, 5.74) is 4.28. The quantitative estimate of drug-likeness (QED) is 0.156. The molecule has 0 aliphatic carbocycles. The second-order valence-corrected chi connectivity index (χ2v) is 19.6. The average Bonchev–Trinajstić information content (AvgIpc) is 3.67. The van der Waals surface area contributed by atoms with Crippen LogP contribution >= 0.6 is 0 Å². The Hall–Kier alpha value is -7.44. The van der Waals surface area contributed by atoms with Crippen molar-refractivity contribution in [3.8, 4) is 11.4 Å². The van der Waals surface area contributed by atoms with Crippen LogP contribution in [0.1, 0.15) is 101 Å². The lowest BCUT2D eigenvalue weighted by Crippen LogP contribution is -2.26. The number of hydrogen-bond donors (Lipinski definition) is 0. The van der Waals surface area contributed by atoms with Crippen LogP contribution in [-0.4, -0.2) is 9.13 Å². The molecule has 0 aliphatic heterocycles. The van der Waals surface area contributed by atoms with Gasteiger partial charge in [0.2, 0.25) is 0 Å². The summed E-state index contributed by atoms with van der Waals surface area (Å²) in [7, 11) is 0. The van der Waals surface area contributed by atoms with E-state index in [2.05, 4.69) is 128 Å². The minimum atomic E-state index is -0.278. The lowest BCUT2D eigenvalue weighted by Gasteiger charge is -2.19. The number of rotatable bonds is 6. The monoisotopic (exact) mass is 862 g/mol. The van der Waals surface area contributed by atoms with E-state index < -0.39 is 0 Å². The summed E-state index contributed by atoms with van der Waals surface area (Å²) in [4.78, 5) is 56.9. The Labute approximate surface area is 381 Å². The SMILES string of the molecule is CC(C)c1cccc(C(C)C)c1-n1c(=O)c2cc3cc4cc5ccc6cc7cc8cc9c(=O)n(-c%10c(C(C)C)cccc%10C(C)C)c(=O)c9cc8cc7cc6ccc5cc4cc3cc2c1=O. The first-order valence-corrected chi connectivity index (χ1v) is 23.2. The van der Waals surface area contributed by atoms with E-state index in [4.69, 9.17) is 0 Å². The molecule has 6 heteroatoms. The van der Waals surface area contributed by atoms with Gasteiger partial charge in [-0.25, -0.2) is 9.13 Å². The van der Waals surface area contributed by atoms with Gasteiger partial charge in [-0.2, -0.15) is 0 Å². The van der Waals surface area contributed by atoms with Crippen LogP contribution in [0.5, 0.6) is 0 Å². The van der Waals surface area contributed by atoms with Gasteiger partial charge in [0.1, 0.15) is 0 Å². The Morgan fingerprint density at radius 1 is 0.273 bits per heavy atom. The molecule has 0 aliphatic rings. The second kappa shape index (κ2) is 15.1. The summed E-state index contributed by atoms with van der Waals surface area (Å²) < 4.78 is 2.83. The minimum absolute atomic E-state index is 0.133. The zero-order valence-corrected chi connectivity index (χ0v) is 38.5. The topological polar surface area (TPSA) is 78.1 Å². The van der Waals surface area contributed by atoms with Gasteiger partial charge >= 0.3 is 0 Å². The predicted octanol–water partition coefficient (Wildman–Crippen LogP) is 13.9. The molecule has 11 aromatic rings. The van der Waals surface area contributed by atoms with Gasteiger partial charge in [-0.15, -0.1) is 0 Å². The highest BCUT2D eigenvalue weighted by molar-refractivity contribution is 6.10. The fourth-order valence-corrected chi connectivity index (χ4v) is 10.5. The highest BCUT2D eigenvalue weighted by Crippen LogP contribution is 2.35. The fourth-order valence-electron chi connectivity index (χ4n) is 10.5. The van der Waals surface area contributed by atoms with Crippen molar-refractivity contribution in [2.75, 3.05) is 0 Å².